The summed E-state index contributed by atoms with van der Waals surface area (Å²) in [4.78, 5) is 24.8. The van der Waals surface area contributed by atoms with Gasteiger partial charge in [0.05, 0.1) is 29.3 Å². The summed E-state index contributed by atoms with van der Waals surface area (Å²) < 4.78 is 37.8. The van der Waals surface area contributed by atoms with Gasteiger partial charge in [-0.25, -0.2) is 17.9 Å². The first-order valence-electron chi connectivity index (χ1n) is 9.94. The second kappa shape index (κ2) is 10.3. The monoisotopic (exact) mass is 456 g/mol. The molecule has 2 N–H and O–H groups in total. The van der Waals surface area contributed by atoms with Crippen LogP contribution in [0.2, 0.25) is 0 Å². The Balaban J connectivity index is 1.61. The van der Waals surface area contributed by atoms with Crippen LogP contribution in [0.15, 0.2) is 82.3 Å². The Kier molecular flexibility index (Phi) is 7.45. The molecule has 1 aromatic heterocycles. The van der Waals surface area contributed by atoms with E-state index in [0.29, 0.717) is 5.76 Å². The Morgan fingerprint density at radius 3 is 2.44 bits per heavy atom. The van der Waals surface area contributed by atoms with E-state index >= 15 is 0 Å². The number of esters is 1. The molecule has 0 fully saturated rings. The Morgan fingerprint density at radius 1 is 1.00 bits per heavy atom. The molecule has 0 bridgehead atoms. The van der Waals surface area contributed by atoms with Gasteiger partial charge in [-0.2, -0.15) is 0 Å². The molecule has 3 aromatic rings. The lowest BCUT2D eigenvalue weighted by Gasteiger charge is -2.18. The molecule has 1 heterocycles. The third kappa shape index (κ3) is 6.05. The van der Waals surface area contributed by atoms with Gasteiger partial charge in [0, 0.05) is 0 Å². The lowest BCUT2D eigenvalue weighted by atomic mass is 10.1. The maximum absolute atomic E-state index is 12.5. The summed E-state index contributed by atoms with van der Waals surface area (Å²) in [5, 5.41) is 2.79. The van der Waals surface area contributed by atoms with Crippen LogP contribution in [-0.4, -0.2) is 26.4 Å². The molecule has 0 spiro atoms. The van der Waals surface area contributed by atoms with Crippen LogP contribution in [0.5, 0.6) is 0 Å². The Morgan fingerprint density at radius 2 is 1.75 bits per heavy atom. The molecule has 0 saturated heterocycles. The van der Waals surface area contributed by atoms with Gasteiger partial charge in [0.25, 0.3) is 5.91 Å². The van der Waals surface area contributed by atoms with Crippen molar-refractivity contribution in [3.8, 4) is 0 Å². The number of carbonyl (C=O) groups excluding carboxylic acids is 2. The summed E-state index contributed by atoms with van der Waals surface area (Å²) in [6.07, 6.45) is 0.379. The SMILES string of the molecule is C[C@H](OC(=O)c1cccc(S(=O)(=O)NCc2ccco2)c1)C(=O)N[C@@H](C)c1ccccc1. The third-order valence-electron chi connectivity index (χ3n) is 4.71. The van der Waals surface area contributed by atoms with Gasteiger partial charge < -0.3 is 14.5 Å². The van der Waals surface area contributed by atoms with Crippen molar-refractivity contribution >= 4 is 21.9 Å². The summed E-state index contributed by atoms with van der Waals surface area (Å²) in [5.74, 6) is -0.810. The van der Waals surface area contributed by atoms with E-state index in [1.54, 1.807) is 12.1 Å². The Bertz CT molecular complexity index is 1160. The van der Waals surface area contributed by atoms with Crippen LogP contribution in [0, 0.1) is 0 Å². The maximum Gasteiger partial charge on any atom is 0.338 e. The number of hydrogen-bond donors (Lipinski definition) is 2. The average Bonchev–Trinajstić information content (AvgIpc) is 3.32. The predicted molar refractivity (Wildman–Crippen MR) is 117 cm³/mol. The number of sulfonamides is 1. The summed E-state index contributed by atoms with van der Waals surface area (Å²) in [6, 6.07) is 17.8. The van der Waals surface area contributed by atoms with Crippen molar-refractivity contribution in [1.29, 1.82) is 0 Å². The minimum atomic E-state index is -3.88. The molecule has 0 saturated carbocycles. The summed E-state index contributed by atoms with van der Waals surface area (Å²) in [7, 11) is -3.88. The van der Waals surface area contributed by atoms with E-state index in [-0.39, 0.29) is 23.0 Å². The fourth-order valence-electron chi connectivity index (χ4n) is 2.89. The number of ether oxygens (including phenoxy) is 1. The average molecular weight is 457 g/mol. The normalized spacial score (nSPS) is 13.2. The zero-order valence-electron chi connectivity index (χ0n) is 17.6. The number of carbonyl (C=O) groups is 2. The molecular formula is C23H24N2O6S. The molecule has 0 aliphatic rings. The lowest BCUT2D eigenvalue weighted by molar-refractivity contribution is -0.129. The van der Waals surface area contributed by atoms with Crippen LogP contribution in [0.3, 0.4) is 0 Å². The van der Waals surface area contributed by atoms with Crippen molar-refractivity contribution in [1.82, 2.24) is 10.0 Å². The second-order valence-electron chi connectivity index (χ2n) is 7.12. The fraction of sp³-hybridized carbons (Fsp3) is 0.217. The first-order valence-corrected chi connectivity index (χ1v) is 11.4. The summed E-state index contributed by atoms with van der Waals surface area (Å²) in [5.41, 5.74) is 0.931. The highest BCUT2D eigenvalue weighted by atomic mass is 32.2. The van der Waals surface area contributed by atoms with Gasteiger partial charge in [0.2, 0.25) is 10.0 Å². The predicted octanol–water partition coefficient (Wildman–Crippen LogP) is 3.18. The zero-order chi connectivity index (χ0) is 23.1. The number of benzene rings is 2. The van der Waals surface area contributed by atoms with E-state index in [9.17, 15) is 18.0 Å². The minimum Gasteiger partial charge on any atom is -0.468 e. The lowest BCUT2D eigenvalue weighted by Crippen LogP contribution is -2.37. The van der Waals surface area contributed by atoms with Crippen molar-refractivity contribution in [3.63, 3.8) is 0 Å². The van der Waals surface area contributed by atoms with E-state index in [2.05, 4.69) is 10.0 Å². The van der Waals surface area contributed by atoms with Crippen LogP contribution >= 0.6 is 0 Å². The smallest absolute Gasteiger partial charge is 0.338 e. The second-order valence-corrected chi connectivity index (χ2v) is 8.89. The van der Waals surface area contributed by atoms with E-state index in [4.69, 9.17) is 9.15 Å². The standard InChI is InChI=1S/C23H24N2O6S/c1-16(18-8-4-3-5-9-18)25-22(26)17(2)31-23(27)19-10-6-12-21(14-19)32(28,29)24-15-20-11-7-13-30-20/h3-14,16-17,24H,15H2,1-2H3,(H,25,26)/t16-,17-/m0/s1. The highest BCUT2D eigenvalue weighted by molar-refractivity contribution is 7.89. The topological polar surface area (TPSA) is 115 Å². The largest absolute Gasteiger partial charge is 0.468 e. The summed E-state index contributed by atoms with van der Waals surface area (Å²) in [6.45, 7) is 3.25. The van der Waals surface area contributed by atoms with Gasteiger partial charge in [-0.1, -0.05) is 36.4 Å². The molecule has 9 heteroatoms. The molecule has 32 heavy (non-hydrogen) atoms. The first-order chi connectivity index (χ1) is 15.3. The van der Waals surface area contributed by atoms with Crippen molar-refractivity contribution in [2.75, 3.05) is 0 Å². The van der Waals surface area contributed by atoms with Crippen LogP contribution in [0.1, 0.15) is 41.6 Å². The van der Waals surface area contributed by atoms with E-state index in [1.807, 2.05) is 37.3 Å². The van der Waals surface area contributed by atoms with Gasteiger partial charge in [0.1, 0.15) is 5.76 Å². The number of furan rings is 1. The van der Waals surface area contributed by atoms with Crippen LogP contribution in [0.25, 0.3) is 0 Å². The molecule has 0 unspecified atom stereocenters. The van der Waals surface area contributed by atoms with Crippen molar-refractivity contribution in [2.24, 2.45) is 0 Å². The van der Waals surface area contributed by atoms with Crippen LogP contribution in [-0.2, 0) is 26.1 Å². The maximum atomic E-state index is 12.5. The molecule has 8 nitrogen and oxygen atoms in total. The first kappa shape index (κ1) is 23.2. The molecule has 2 aromatic carbocycles. The molecular weight excluding hydrogens is 432 g/mol. The van der Waals surface area contributed by atoms with Crippen LogP contribution in [0.4, 0.5) is 0 Å². The number of nitrogens with one attached hydrogen (secondary N) is 2. The molecule has 1 amide bonds. The molecule has 3 rings (SSSR count). The molecule has 0 radical (unpaired) electrons. The molecule has 2 atom stereocenters. The number of rotatable bonds is 9. The Labute approximate surface area is 186 Å². The third-order valence-corrected chi connectivity index (χ3v) is 6.11. The zero-order valence-corrected chi connectivity index (χ0v) is 18.5. The van der Waals surface area contributed by atoms with Crippen molar-refractivity contribution < 1.29 is 27.2 Å². The minimum absolute atomic E-state index is 0.0154. The fourth-order valence-corrected chi connectivity index (χ4v) is 3.93. The number of hydrogen-bond acceptors (Lipinski definition) is 6. The Hall–Kier alpha value is -3.43. The van der Waals surface area contributed by atoms with Crippen LogP contribution < -0.4 is 10.0 Å². The molecule has 0 aliphatic heterocycles. The van der Waals surface area contributed by atoms with E-state index in [1.165, 1.54) is 37.5 Å². The van der Waals surface area contributed by atoms with Gasteiger partial charge in [-0.15, -0.1) is 0 Å². The van der Waals surface area contributed by atoms with Gasteiger partial charge >= 0.3 is 5.97 Å². The molecule has 0 aliphatic carbocycles. The molecule has 168 valence electrons. The highest BCUT2D eigenvalue weighted by Crippen LogP contribution is 2.15. The van der Waals surface area contributed by atoms with Gasteiger partial charge in [-0.05, 0) is 49.7 Å². The van der Waals surface area contributed by atoms with Gasteiger partial charge in [0.15, 0.2) is 6.10 Å². The van der Waals surface area contributed by atoms with Gasteiger partial charge in [-0.3, -0.25) is 4.79 Å². The highest BCUT2D eigenvalue weighted by Gasteiger charge is 2.22. The summed E-state index contributed by atoms with van der Waals surface area (Å²) >= 11 is 0. The van der Waals surface area contributed by atoms with E-state index in [0.717, 1.165) is 5.56 Å². The quantitative estimate of drug-likeness (QED) is 0.478. The van der Waals surface area contributed by atoms with E-state index < -0.39 is 28.0 Å². The number of amides is 1. The van der Waals surface area contributed by atoms with Crippen molar-refractivity contribution in [3.05, 3.63) is 89.9 Å². The van der Waals surface area contributed by atoms with Crippen molar-refractivity contribution in [2.45, 2.75) is 37.4 Å².